The number of piperazine rings is 1. The summed E-state index contributed by atoms with van der Waals surface area (Å²) in [6.45, 7) is 4.33. The van der Waals surface area contributed by atoms with Crippen LogP contribution in [0.1, 0.15) is 17.2 Å². The van der Waals surface area contributed by atoms with E-state index in [0.717, 1.165) is 48.7 Å². The Kier molecular flexibility index (Phi) is 9.60. The number of β-amino-alcohol motifs (C(OH)–C–C–N with tert-alkyl or cyclic N) is 1. The van der Waals surface area contributed by atoms with Gasteiger partial charge < -0.3 is 24.6 Å². The molecule has 2 unspecified atom stereocenters. The van der Waals surface area contributed by atoms with Gasteiger partial charge in [-0.3, -0.25) is 4.90 Å². The van der Waals surface area contributed by atoms with Crippen molar-refractivity contribution in [1.82, 2.24) is 4.90 Å². The van der Waals surface area contributed by atoms with Crippen LogP contribution in [0, 0.1) is 0 Å². The fraction of sp³-hybridized carbons (Fsp3) is 0.333. The maximum absolute atomic E-state index is 10.5. The second kappa shape index (κ2) is 12.6. The van der Waals surface area contributed by atoms with Crippen LogP contribution in [-0.4, -0.2) is 67.7 Å². The van der Waals surface area contributed by atoms with Crippen LogP contribution in [0.5, 0.6) is 11.5 Å². The van der Waals surface area contributed by atoms with Gasteiger partial charge in [0.15, 0.2) is 0 Å². The Morgan fingerprint density at radius 1 is 0.794 bits per heavy atom. The second-order valence-corrected chi connectivity index (χ2v) is 8.31. The molecule has 34 heavy (non-hydrogen) atoms. The lowest BCUT2D eigenvalue weighted by molar-refractivity contribution is 0.0662. The fourth-order valence-corrected chi connectivity index (χ4v) is 4.18. The quantitative estimate of drug-likeness (QED) is 0.482. The molecule has 0 bridgehead atoms. The van der Waals surface area contributed by atoms with Crippen LogP contribution in [0.3, 0.4) is 0 Å². The Balaban J connectivity index is 0.00000324. The van der Waals surface area contributed by atoms with Gasteiger partial charge >= 0.3 is 0 Å². The molecule has 2 atom stereocenters. The summed E-state index contributed by atoms with van der Waals surface area (Å²) in [4.78, 5) is 4.59. The van der Waals surface area contributed by atoms with E-state index in [9.17, 15) is 10.2 Å². The number of rotatable bonds is 9. The molecule has 1 heterocycles. The average molecular weight is 485 g/mol. The predicted octanol–water partition coefficient (Wildman–Crippen LogP) is 3.76. The molecule has 1 fully saturated rings. The topological polar surface area (TPSA) is 65.4 Å². The Hall–Kier alpha value is -2.77. The molecule has 0 saturated carbocycles. The van der Waals surface area contributed by atoms with Crippen molar-refractivity contribution in [3.8, 4) is 11.5 Å². The van der Waals surface area contributed by atoms with E-state index in [4.69, 9.17) is 9.47 Å². The monoisotopic (exact) mass is 484 g/mol. The van der Waals surface area contributed by atoms with Gasteiger partial charge in [-0.05, 0) is 35.4 Å². The first kappa shape index (κ1) is 25.8. The number of ether oxygens (including phenoxy) is 2. The number of halogens is 1. The minimum atomic E-state index is -0.666. The number of hydrogen-bond acceptors (Lipinski definition) is 6. The SMILES string of the molecule is COc1ccccc1N1CCN(CC(O)COc2ccc(C(O)c3ccccc3)cc2)CC1.Cl. The van der Waals surface area contributed by atoms with Crippen molar-refractivity contribution in [3.05, 3.63) is 90.0 Å². The summed E-state index contributed by atoms with van der Waals surface area (Å²) in [5.74, 6) is 1.57. The van der Waals surface area contributed by atoms with Gasteiger partial charge in [0.2, 0.25) is 0 Å². The highest BCUT2D eigenvalue weighted by atomic mass is 35.5. The summed E-state index contributed by atoms with van der Waals surface area (Å²) in [6.07, 6.45) is -1.24. The number of benzene rings is 3. The molecule has 1 aliphatic heterocycles. The van der Waals surface area contributed by atoms with Gasteiger partial charge in [0.05, 0.1) is 12.8 Å². The van der Waals surface area contributed by atoms with E-state index in [-0.39, 0.29) is 19.0 Å². The summed E-state index contributed by atoms with van der Waals surface area (Å²) < 4.78 is 11.3. The van der Waals surface area contributed by atoms with Crippen LogP contribution in [0.25, 0.3) is 0 Å². The summed E-state index contributed by atoms with van der Waals surface area (Å²) >= 11 is 0. The molecule has 6 nitrogen and oxygen atoms in total. The van der Waals surface area contributed by atoms with Crippen molar-refractivity contribution < 1.29 is 19.7 Å². The van der Waals surface area contributed by atoms with Crippen molar-refractivity contribution in [2.45, 2.75) is 12.2 Å². The van der Waals surface area contributed by atoms with Crippen molar-refractivity contribution in [2.24, 2.45) is 0 Å². The lowest BCUT2D eigenvalue weighted by atomic mass is 10.0. The zero-order valence-electron chi connectivity index (χ0n) is 19.4. The molecule has 1 aliphatic rings. The van der Waals surface area contributed by atoms with Crippen molar-refractivity contribution in [3.63, 3.8) is 0 Å². The molecule has 1 saturated heterocycles. The lowest BCUT2D eigenvalue weighted by Crippen LogP contribution is -2.49. The molecule has 0 aromatic heterocycles. The predicted molar refractivity (Wildman–Crippen MR) is 137 cm³/mol. The first-order valence-corrected chi connectivity index (χ1v) is 11.4. The highest BCUT2D eigenvalue weighted by molar-refractivity contribution is 5.85. The normalized spacial score (nSPS) is 15.8. The Labute approximate surface area is 207 Å². The smallest absolute Gasteiger partial charge is 0.142 e. The number of aliphatic hydroxyl groups excluding tert-OH is 2. The molecular weight excluding hydrogens is 452 g/mol. The summed E-state index contributed by atoms with van der Waals surface area (Å²) in [5.41, 5.74) is 2.78. The second-order valence-electron chi connectivity index (χ2n) is 8.31. The molecule has 182 valence electrons. The van der Waals surface area contributed by atoms with E-state index < -0.39 is 12.2 Å². The van der Waals surface area contributed by atoms with Crippen molar-refractivity contribution >= 4 is 18.1 Å². The zero-order chi connectivity index (χ0) is 23.0. The van der Waals surface area contributed by atoms with Crippen LogP contribution in [0.4, 0.5) is 5.69 Å². The van der Waals surface area contributed by atoms with E-state index in [0.29, 0.717) is 12.3 Å². The third-order valence-corrected chi connectivity index (χ3v) is 6.02. The fourth-order valence-electron chi connectivity index (χ4n) is 4.18. The van der Waals surface area contributed by atoms with Crippen LogP contribution < -0.4 is 14.4 Å². The van der Waals surface area contributed by atoms with Crippen molar-refractivity contribution in [2.75, 3.05) is 51.3 Å². The summed E-state index contributed by atoms with van der Waals surface area (Å²) in [5, 5.41) is 21.0. The van der Waals surface area contributed by atoms with E-state index in [1.165, 1.54) is 0 Å². The standard InChI is InChI=1S/C27H32N2O4.ClH/c1-32-26-10-6-5-9-25(26)29-17-15-28(16-18-29)19-23(30)20-33-24-13-11-22(12-14-24)27(31)21-7-3-2-4-8-21;/h2-14,23,27,30-31H,15-20H2,1H3;1H. The highest BCUT2D eigenvalue weighted by Gasteiger charge is 2.21. The number of methoxy groups -OCH3 is 1. The molecule has 0 radical (unpaired) electrons. The van der Waals surface area contributed by atoms with Crippen LogP contribution in [0.15, 0.2) is 78.9 Å². The first-order chi connectivity index (χ1) is 16.1. The molecule has 3 aromatic carbocycles. The molecule has 7 heteroatoms. The lowest BCUT2D eigenvalue weighted by Gasteiger charge is -2.37. The highest BCUT2D eigenvalue weighted by Crippen LogP contribution is 2.28. The largest absolute Gasteiger partial charge is 0.495 e. The third kappa shape index (κ3) is 6.64. The van der Waals surface area contributed by atoms with E-state index in [1.54, 1.807) is 7.11 Å². The molecule has 2 N–H and O–H groups in total. The van der Waals surface area contributed by atoms with Gasteiger partial charge in [0.25, 0.3) is 0 Å². The number of aliphatic hydroxyl groups is 2. The molecule has 0 amide bonds. The van der Waals surface area contributed by atoms with Crippen LogP contribution in [-0.2, 0) is 0 Å². The van der Waals surface area contributed by atoms with Gasteiger partial charge in [-0.2, -0.15) is 0 Å². The summed E-state index contributed by atoms with van der Waals surface area (Å²) in [7, 11) is 1.70. The minimum absolute atomic E-state index is 0. The third-order valence-electron chi connectivity index (χ3n) is 6.02. The number of hydrogen-bond donors (Lipinski definition) is 2. The Morgan fingerprint density at radius 2 is 1.41 bits per heavy atom. The maximum atomic E-state index is 10.5. The van der Waals surface area contributed by atoms with E-state index >= 15 is 0 Å². The molecular formula is C27H33ClN2O4. The Morgan fingerprint density at radius 3 is 2.09 bits per heavy atom. The maximum Gasteiger partial charge on any atom is 0.142 e. The number of para-hydroxylation sites is 2. The molecule has 3 aromatic rings. The van der Waals surface area contributed by atoms with Crippen LogP contribution in [0.2, 0.25) is 0 Å². The van der Waals surface area contributed by atoms with Gasteiger partial charge in [0, 0.05) is 32.7 Å². The van der Waals surface area contributed by atoms with E-state index in [1.807, 2.05) is 72.8 Å². The minimum Gasteiger partial charge on any atom is -0.495 e. The molecule has 0 spiro atoms. The first-order valence-electron chi connectivity index (χ1n) is 11.4. The van der Waals surface area contributed by atoms with Gasteiger partial charge in [-0.1, -0.05) is 54.6 Å². The van der Waals surface area contributed by atoms with Gasteiger partial charge in [-0.25, -0.2) is 0 Å². The Bertz CT molecular complexity index is 995. The molecule has 0 aliphatic carbocycles. The van der Waals surface area contributed by atoms with Crippen molar-refractivity contribution in [1.29, 1.82) is 0 Å². The van der Waals surface area contributed by atoms with Gasteiger partial charge in [0.1, 0.15) is 30.3 Å². The zero-order valence-corrected chi connectivity index (χ0v) is 20.2. The van der Waals surface area contributed by atoms with Crippen LogP contribution >= 0.6 is 12.4 Å². The van der Waals surface area contributed by atoms with E-state index in [2.05, 4.69) is 15.9 Å². The number of anilines is 1. The molecule has 4 rings (SSSR count). The van der Waals surface area contributed by atoms with Gasteiger partial charge in [-0.15, -0.1) is 12.4 Å². The average Bonchev–Trinajstić information content (AvgIpc) is 2.88. The number of nitrogens with zero attached hydrogens (tertiary/aromatic N) is 2. The summed E-state index contributed by atoms with van der Waals surface area (Å²) in [6, 6.07) is 25.0.